The van der Waals surface area contributed by atoms with Crippen LogP contribution in [-0.2, 0) is 0 Å². The second kappa shape index (κ2) is 6.11. The maximum Gasteiger partial charge on any atom is 0.0356 e. The van der Waals surface area contributed by atoms with Gasteiger partial charge in [0, 0.05) is 12.1 Å². The first-order valence-electron chi connectivity index (χ1n) is 8.23. The normalized spacial score (nSPS) is 28.4. The van der Waals surface area contributed by atoms with E-state index in [-0.39, 0.29) is 0 Å². The van der Waals surface area contributed by atoms with Crippen molar-refractivity contribution in [1.82, 2.24) is 9.80 Å². The average molecular weight is 267 g/mol. The topological polar surface area (TPSA) is 32.5 Å². The lowest BCUT2D eigenvalue weighted by Gasteiger charge is -2.52. The zero-order chi connectivity index (χ0) is 13.9. The van der Waals surface area contributed by atoms with Gasteiger partial charge < -0.3 is 10.6 Å². The zero-order valence-electron chi connectivity index (χ0n) is 13.2. The van der Waals surface area contributed by atoms with Crippen molar-refractivity contribution in [1.29, 1.82) is 0 Å². The quantitative estimate of drug-likeness (QED) is 0.848. The van der Waals surface area contributed by atoms with Crippen LogP contribution in [0.15, 0.2) is 0 Å². The number of nitrogens with two attached hydrogens (primary N) is 1. The van der Waals surface area contributed by atoms with E-state index in [0.717, 1.165) is 6.54 Å². The highest BCUT2D eigenvalue weighted by Gasteiger charge is 2.42. The third-order valence-electron chi connectivity index (χ3n) is 6.29. The van der Waals surface area contributed by atoms with Gasteiger partial charge in [0.05, 0.1) is 0 Å². The van der Waals surface area contributed by atoms with Crippen LogP contribution >= 0.6 is 0 Å². The van der Waals surface area contributed by atoms with Crippen molar-refractivity contribution in [3.63, 3.8) is 0 Å². The van der Waals surface area contributed by atoms with Crippen molar-refractivity contribution >= 4 is 0 Å². The average Bonchev–Trinajstić information content (AvgIpc) is 2.49. The molecule has 0 unspecified atom stereocenters. The largest absolute Gasteiger partial charge is 0.329 e. The first kappa shape index (κ1) is 15.3. The maximum atomic E-state index is 6.19. The number of rotatable bonds is 4. The van der Waals surface area contributed by atoms with E-state index in [2.05, 4.69) is 30.7 Å². The Hall–Kier alpha value is -0.120. The van der Waals surface area contributed by atoms with Crippen LogP contribution in [0.25, 0.3) is 0 Å². The fourth-order valence-corrected chi connectivity index (χ4v) is 4.10. The molecule has 2 saturated heterocycles. The number of likely N-dealkylation sites (tertiary alicyclic amines) is 2. The minimum Gasteiger partial charge on any atom is -0.329 e. The Bertz CT molecular complexity index is 268. The molecular weight excluding hydrogens is 234 g/mol. The lowest BCUT2D eigenvalue weighted by atomic mass is 9.72. The van der Waals surface area contributed by atoms with Gasteiger partial charge in [-0.1, -0.05) is 26.7 Å². The van der Waals surface area contributed by atoms with Crippen LogP contribution in [0.4, 0.5) is 0 Å². The standard InChI is InChI=1S/C16H33N3/c1-4-15(5-2)6-12-19(13-7-15)16(14-17)8-10-18(3)11-9-16/h4-14,17H2,1-3H3. The predicted molar refractivity (Wildman–Crippen MR) is 82.3 cm³/mol. The van der Waals surface area contributed by atoms with Crippen LogP contribution in [-0.4, -0.2) is 55.1 Å². The third kappa shape index (κ3) is 2.98. The molecule has 0 spiro atoms. The molecule has 0 saturated carbocycles. The summed E-state index contributed by atoms with van der Waals surface area (Å²) in [4.78, 5) is 5.18. The van der Waals surface area contributed by atoms with Crippen LogP contribution in [0, 0.1) is 5.41 Å². The molecule has 3 nitrogen and oxygen atoms in total. The SMILES string of the molecule is CCC1(CC)CCN(C2(CN)CCN(C)CC2)CC1. The summed E-state index contributed by atoms with van der Waals surface area (Å²) in [7, 11) is 2.23. The van der Waals surface area contributed by atoms with Gasteiger partial charge in [0.1, 0.15) is 0 Å². The van der Waals surface area contributed by atoms with E-state index < -0.39 is 0 Å². The van der Waals surface area contributed by atoms with Crippen molar-refractivity contribution in [2.45, 2.75) is 57.9 Å². The number of piperidine rings is 2. The Morgan fingerprint density at radius 3 is 1.84 bits per heavy atom. The Kier molecular flexibility index (Phi) is 4.91. The summed E-state index contributed by atoms with van der Waals surface area (Å²) in [5.41, 5.74) is 7.12. The summed E-state index contributed by atoms with van der Waals surface area (Å²) >= 11 is 0. The van der Waals surface area contributed by atoms with Gasteiger partial charge in [0.2, 0.25) is 0 Å². The predicted octanol–water partition coefficient (Wildman–Crippen LogP) is 2.31. The van der Waals surface area contributed by atoms with E-state index in [9.17, 15) is 0 Å². The Morgan fingerprint density at radius 2 is 1.42 bits per heavy atom. The maximum absolute atomic E-state index is 6.19. The molecule has 0 aliphatic carbocycles. The Morgan fingerprint density at radius 1 is 0.895 bits per heavy atom. The summed E-state index contributed by atoms with van der Waals surface area (Å²) in [5.74, 6) is 0. The van der Waals surface area contributed by atoms with Gasteiger partial charge in [-0.2, -0.15) is 0 Å². The van der Waals surface area contributed by atoms with Crippen LogP contribution < -0.4 is 5.73 Å². The van der Waals surface area contributed by atoms with Crippen LogP contribution in [0.5, 0.6) is 0 Å². The lowest BCUT2D eigenvalue weighted by Crippen LogP contribution is -2.61. The van der Waals surface area contributed by atoms with Crippen molar-refractivity contribution in [2.24, 2.45) is 11.1 Å². The van der Waals surface area contributed by atoms with Gasteiger partial charge in [0.25, 0.3) is 0 Å². The van der Waals surface area contributed by atoms with Crippen LogP contribution in [0.2, 0.25) is 0 Å². The monoisotopic (exact) mass is 267 g/mol. The molecule has 2 aliphatic rings. The number of nitrogens with zero attached hydrogens (tertiary/aromatic N) is 2. The smallest absolute Gasteiger partial charge is 0.0356 e. The molecule has 19 heavy (non-hydrogen) atoms. The summed E-state index contributed by atoms with van der Waals surface area (Å²) < 4.78 is 0. The van der Waals surface area contributed by atoms with Gasteiger partial charge in [-0.15, -0.1) is 0 Å². The molecule has 0 aromatic rings. The molecular formula is C16H33N3. The number of hydrogen-bond donors (Lipinski definition) is 1. The molecule has 2 rings (SSSR count). The molecule has 112 valence electrons. The van der Waals surface area contributed by atoms with Gasteiger partial charge in [-0.05, 0) is 64.3 Å². The summed E-state index contributed by atoms with van der Waals surface area (Å²) in [6.45, 7) is 10.5. The summed E-state index contributed by atoms with van der Waals surface area (Å²) in [6, 6.07) is 0. The second-order valence-electron chi connectivity index (χ2n) is 6.93. The van der Waals surface area contributed by atoms with Crippen molar-refractivity contribution in [3.05, 3.63) is 0 Å². The Labute approximate surface area is 119 Å². The van der Waals surface area contributed by atoms with Gasteiger partial charge in [-0.25, -0.2) is 0 Å². The molecule has 2 N–H and O–H groups in total. The number of hydrogen-bond acceptors (Lipinski definition) is 3. The van der Waals surface area contributed by atoms with E-state index in [1.54, 1.807) is 0 Å². The van der Waals surface area contributed by atoms with Crippen molar-refractivity contribution < 1.29 is 0 Å². The minimum absolute atomic E-state index is 0.306. The molecule has 0 atom stereocenters. The van der Waals surface area contributed by atoms with E-state index >= 15 is 0 Å². The molecule has 0 aromatic heterocycles. The first-order chi connectivity index (χ1) is 9.10. The van der Waals surface area contributed by atoms with Crippen molar-refractivity contribution in [2.75, 3.05) is 39.8 Å². The minimum atomic E-state index is 0.306. The molecule has 2 heterocycles. The summed E-state index contributed by atoms with van der Waals surface area (Å²) in [6.07, 6.45) is 7.94. The third-order valence-corrected chi connectivity index (χ3v) is 6.29. The highest BCUT2D eigenvalue weighted by molar-refractivity contribution is 4.99. The van der Waals surface area contributed by atoms with Gasteiger partial charge in [0.15, 0.2) is 0 Å². The van der Waals surface area contributed by atoms with E-state index in [1.165, 1.54) is 64.7 Å². The Balaban J connectivity index is 1.99. The zero-order valence-corrected chi connectivity index (χ0v) is 13.2. The van der Waals surface area contributed by atoms with E-state index in [0.29, 0.717) is 11.0 Å². The summed E-state index contributed by atoms with van der Waals surface area (Å²) in [5, 5.41) is 0. The fraction of sp³-hybridized carbons (Fsp3) is 1.00. The van der Waals surface area contributed by atoms with Gasteiger partial charge >= 0.3 is 0 Å². The van der Waals surface area contributed by atoms with Gasteiger partial charge in [-0.3, -0.25) is 4.90 Å². The van der Waals surface area contributed by atoms with Crippen molar-refractivity contribution in [3.8, 4) is 0 Å². The van der Waals surface area contributed by atoms with Crippen LogP contribution in [0.1, 0.15) is 52.4 Å². The lowest BCUT2D eigenvalue weighted by molar-refractivity contribution is -0.0150. The second-order valence-corrected chi connectivity index (χ2v) is 6.93. The highest BCUT2D eigenvalue weighted by atomic mass is 15.2. The molecule has 0 radical (unpaired) electrons. The molecule has 3 heteroatoms. The molecule has 0 amide bonds. The molecule has 0 aromatic carbocycles. The highest BCUT2D eigenvalue weighted by Crippen LogP contribution is 2.41. The molecule has 2 fully saturated rings. The van der Waals surface area contributed by atoms with Crippen LogP contribution in [0.3, 0.4) is 0 Å². The molecule has 2 aliphatic heterocycles. The van der Waals surface area contributed by atoms with E-state index in [4.69, 9.17) is 5.73 Å². The first-order valence-corrected chi connectivity index (χ1v) is 8.23. The van der Waals surface area contributed by atoms with E-state index in [1.807, 2.05) is 0 Å². The molecule has 0 bridgehead atoms. The fourth-order valence-electron chi connectivity index (χ4n) is 4.10.